The molecule has 0 spiro atoms. The molecule has 0 saturated heterocycles. The van der Waals surface area contributed by atoms with Crippen LogP contribution in [-0.2, 0) is 0 Å². The van der Waals surface area contributed by atoms with Crippen molar-refractivity contribution in [2.75, 3.05) is 0 Å². The maximum Gasteiger partial charge on any atom is 0.176 e. The summed E-state index contributed by atoms with van der Waals surface area (Å²) in [5.41, 5.74) is 2.55. The molecule has 0 nitrogen and oxygen atoms in total. The fourth-order valence-corrected chi connectivity index (χ4v) is 4.31. The maximum absolute atomic E-state index is 12.6. The van der Waals surface area contributed by atoms with Crippen molar-refractivity contribution < 1.29 is 35.1 Å². The van der Waals surface area contributed by atoms with Gasteiger partial charge in [0.25, 0.3) is 0 Å². The van der Waals surface area contributed by atoms with Crippen molar-refractivity contribution in [1.82, 2.24) is 0 Å². The molecule has 0 bridgehead atoms. The van der Waals surface area contributed by atoms with Crippen molar-refractivity contribution in [3.05, 3.63) is 121 Å². The monoisotopic (exact) mass is 958 g/mol. The number of halogens is 12. The van der Waals surface area contributed by atoms with E-state index in [2.05, 4.69) is 48.5 Å². The molecular formula is C24H10F8I4. The second-order valence-corrected chi connectivity index (χ2v) is 10.8. The number of benzene rings is 4. The maximum atomic E-state index is 12.6. The van der Waals surface area contributed by atoms with Gasteiger partial charge in [-0.1, -0.05) is 60.7 Å². The van der Waals surface area contributed by atoms with Crippen molar-refractivity contribution in [3.8, 4) is 11.1 Å². The van der Waals surface area contributed by atoms with Crippen molar-refractivity contribution >= 4 is 90.4 Å². The quantitative estimate of drug-likeness (QED) is 0.0772. The van der Waals surface area contributed by atoms with Gasteiger partial charge in [0, 0.05) is 0 Å². The van der Waals surface area contributed by atoms with Gasteiger partial charge < -0.3 is 0 Å². The van der Waals surface area contributed by atoms with Gasteiger partial charge in [-0.15, -0.1) is 0 Å². The summed E-state index contributed by atoms with van der Waals surface area (Å²) >= 11 is 4.81. The average Bonchev–Trinajstić information content (AvgIpc) is 2.92. The first-order valence-electron chi connectivity index (χ1n) is 9.34. The van der Waals surface area contributed by atoms with Crippen LogP contribution in [0.3, 0.4) is 0 Å². The second kappa shape index (κ2) is 14.4. The highest BCUT2D eigenvalue weighted by Crippen LogP contribution is 2.27. The third kappa shape index (κ3) is 7.64. The zero-order valence-corrected chi connectivity index (χ0v) is 25.9. The molecule has 4 aromatic carbocycles. The molecule has 4 rings (SSSR count). The first-order valence-corrected chi connectivity index (χ1v) is 13.7. The molecule has 0 aliphatic rings. The molecule has 0 radical (unpaired) electrons. The highest BCUT2D eigenvalue weighted by molar-refractivity contribution is 14.1. The lowest BCUT2D eigenvalue weighted by atomic mass is 10.1. The molecule has 0 unspecified atom stereocenters. The Kier molecular flexibility index (Phi) is 12.6. The van der Waals surface area contributed by atoms with Crippen molar-refractivity contribution in [2.24, 2.45) is 0 Å². The van der Waals surface area contributed by atoms with E-state index in [0.717, 1.165) is 0 Å². The molecule has 0 amide bonds. The number of hydrogen-bond donors (Lipinski definition) is 0. The molecular weight excluding hydrogens is 948 g/mol. The summed E-state index contributed by atoms with van der Waals surface area (Å²) < 4.78 is 98.5. The smallest absolute Gasteiger partial charge is 0.176 e. The van der Waals surface area contributed by atoms with Gasteiger partial charge in [-0.25, -0.2) is 35.1 Å². The van der Waals surface area contributed by atoms with Crippen molar-refractivity contribution in [3.63, 3.8) is 0 Å². The van der Waals surface area contributed by atoms with Crippen LogP contribution in [0.2, 0.25) is 0 Å². The summed E-state index contributed by atoms with van der Waals surface area (Å²) in [5, 5.41) is 0. The van der Waals surface area contributed by atoms with E-state index in [4.69, 9.17) is 0 Å². The average molecular weight is 958 g/mol. The summed E-state index contributed by atoms with van der Waals surface area (Å²) in [6, 6.07) is 20.8. The molecule has 0 aliphatic heterocycles. The summed E-state index contributed by atoms with van der Waals surface area (Å²) in [7, 11) is 0. The lowest BCUT2D eigenvalue weighted by molar-refractivity contribution is 0.437. The SMILES string of the molecule is Fc1c(F)c(I)c(F)c(F)c1I.Fc1c(F)c(I)c(F)c(F)c1I.c1ccc(-c2ccccc2)cc1. The summed E-state index contributed by atoms with van der Waals surface area (Å²) in [6.07, 6.45) is 0. The van der Waals surface area contributed by atoms with E-state index in [1.165, 1.54) is 101 Å². The molecule has 0 atom stereocenters. The van der Waals surface area contributed by atoms with Gasteiger partial charge in [-0.05, 0) is 101 Å². The Morgan fingerprint density at radius 2 is 0.472 bits per heavy atom. The molecule has 4 aromatic rings. The van der Waals surface area contributed by atoms with E-state index in [1.807, 2.05) is 12.1 Å². The largest absolute Gasteiger partial charge is 0.202 e. The Balaban J connectivity index is 0.000000190. The molecule has 0 saturated carbocycles. The molecule has 0 heterocycles. The zero-order chi connectivity index (χ0) is 27.2. The van der Waals surface area contributed by atoms with E-state index >= 15 is 0 Å². The van der Waals surface area contributed by atoms with E-state index < -0.39 is 60.8 Å². The van der Waals surface area contributed by atoms with Crippen LogP contribution < -0.4 is 0 Å². The van der Waals surface area contributed by atoms with Crippen LogP contribution in [0.5, 0.6) is 0 Å². The van der Waals surface area contributed by atoms with E-state index in [-0.39, 0.29) is 0 Å². The van der Waals surface area contributed by atoms with Crippen LogP contribution in [0.1, 0.15) is 0 Å². The molecule has 0 fully saturated rings. The topological polar surface area (TPSA) is 0 Å². The van der Waals surface area contributed by atoms with Crippen LogP contribution in [-0.4, -0.2) is 0 Å². The Bertz CT molecular complexity index is 1040. The van der Waals surface area contributed by atoms with Crippen molar-refractivity contribution in [2.45, 2.75) is 0 Å². The van der Waals surface area contributed by atoms with Crippen LogP contribution >= 0.6 is 90.4 Å². The standard InChI is InChI=1S/C12H10.2C6F4I2/c1-3-7-11(8-4-1)12-9-5-2-6-10-12;2*7-1-2(8)6(12)4(10)3(9)5(1)11/h1-10H;;. The predicted octanol–water partition coefficient (Wildman–Crippen LogP) is 10.3. The van der Waals surface area contributed by atoms with Crippen LogP contribution in [0.4, 0.5) is 35.1 Å². The van der Waals surface area contributed by atoms with Gasteiger partial charge in [-0.2, -0.15) is 0 Å². The van der Waals surface area contributed by atoms with Crippen LogP contribution in [0, 0.1) is 60.8 Å². The minimum Gasteiger partial charge on any atom is -0.202 e. The molecule has 0 aliphatic carbocycles. The minimum absolute atomic E-state index is 0.664. The van der Waals surface area contributed by atoms with Crippen LogP contribution in [0.25, 0.3) is 11.1 Å². The Labute approximate surface area is 255 Å². The molecule has 190 valence electrons. The van der Waals surface area contributed by atoms with Gasteiger partial charge in [0.05, 0.1) is 14.3 Å². The summed E-state index contributed by atoms with van der Waals surface area (Å²) in [4.78, 5) is 0. The first kappa shape index (κ1) is 31.5. The van der Waals surface area contributed by atoms with Gasteiger partial charge in [0.2, 0.25) is 0 Å². The van der Waals surface area contributed by atoms with Gasteiger partial charge in [0.1, 0.15) is 0 Å². The Hall–Kier alpha value is -0.760. The number of hydrogen-bond acceptors (Lipinski definition) is 0. The highest BCUT2D eigenvalue weighted by Gasteiger charge is 2.22. The third-order valence-electron chi connectivity index (χ3n) is 4.19. The fourth-order valence-electron chi connectivity index (χ4n) is 2.42. The number of rotatable bonds is 1. The minimum atomic E-state index is -1.35. The molecule has 0 N–H and O–H groups in total. The van der Waals surface area contributed by atoms with Gasteiger partial charge in [0.15, 0.2) is 46.5 Å². The second-order valence-electron chi connectivity index (χ2n) is 6.50. The molecule has 0 aromatic heterocycles. The van der Waals surface area contributed by atoms with Crippen LogP contribution in [0.15, 0.2) is 60.7 Å². The Morgan fingerprint density at radius 3 is 0.639 bits per heavy atom. The van der Waals surface area contributed by atoms with E-state index in [1.54, 1.807) is 0 Å². The van der Waals surface area contributed by atoms with Crippen molar-refractivity contribution in [1.29, 1.82) is 0 Å². The van der Waals surface area contributed by atoms with E-state index in [0.29, 0.717) is 0 Å². The Morgan fingerprint density at radius 1 is 0.306 bits per heavy atom. The lowest BCUT2D eigenvalue weighted by Gasteiger charge is -2.02. The van der Waals surface area contributed by atoms with E-state index in [9.17, 15) is 35.1 Å². The predicted molar refractivity (Wildman–Crippen MR) is 155 cm³/mol. The lowest BCUT2D eigenvalue weighted by Crippen LogP contribution is -2.02. The van der Waals surface area contributed by atoms with Gasteiger partial charge >= 0.3 is 0 Å². The first-order chi connectivity index (χ1) is 16.9. The summed E-state index contributed by atoms with van der Waals surface area (Å²) in [5.74, 6) is -10.8. The van der Waals surface area contributed by atoms with Gasteiger partial charge in [-0.3, -0.25) is 0 Å². The molecule has 12 heteroatoms. The summed E-state index contributed by atoms with van der Waals surface area (Å²) in [6.45, 7) is 0. The highest BCUT2D eigenvalue weighted by atomic mass is 127. The third-order valence-corrected chi connectivity index (χ3v) is 7.98. The molecule has 36 heavy (non-hydrogen) atoms. The normalized spacial score (nSPS) is 10.2. The fraction of sp³-hybridized carbons (Fsp3) is 0. The zero-order valence-electron chi connectivity index (χ0n) is 17.3.